The smallest absolute Gasteiger partial charge is 0.134 e. The molecule has 2 N–H and O–H groups in total. The van der Waals surface area contributed by atoms with E-state index >= 15 is 0 Å². The van der Waals surface area contributed by atoms with Crippen LogP contribution in [0.5, 0.6) is 0 Å². The van der Waals surface area contributed by atoms with E-state index in [9.17, 15) is 0 Å². The monoisotopic (exact) mass is 276 g/mol. The summed E-state index contributed by atoms with van der Waals surface area (Å²) in [4.78, 5) is 12.3. The van der Waals surface area contributed by atoms with E-state index in [1.807, 2.05) is 13.1 Å². The van der Waals surface area contributed by atoms with Crippen molar-refractivity contribution in [3.8, 4) is 0 Å². The predicted octanol–water partition coefficient (Wildman–Crippen LogP) is 3.27. The van der Waals surface area contributed by atoms with Gasteiger partial charge in [0.05, 0.1) is 6.04 Å². The minimum Gasteiger partial charge on any atom is -0.384 e. The van der Waals surface area contributed by atoms with E-state index < -0.39 is 0 Å². The topological polar surface area (TPSA) is 55.0 Å². The van der Waals surface area contributed by atoms with Crippen molar-refractivity contribution in [1.82, 2.24) is 9.97 Å². The number of nitrogen functional groups attached to an aromatic ring is 1. The van der Waals surface area contributed by atoms with Crippen molar-refractivity contribution in [2.45, 2.75) is 32.7 Å². The molecule has 2 rings (SSSR count). The number of thiophene rings is 1. The van der Waals surface area contributed by atoms with E-state index in [4.69, 9.17) is 5.73 Å². The van der Waals surface area contributed by atoms with Gasteiger partial charge < -0.3 is 10.6 Å². The average Bonchev–Trinajstić information content (AvgIpc) is 2.90. The molecule has 0 aliphatic heterocycles. The van der Waals surface area contributed by atoms with Gasteiger partial charge in [0.15, 0.2) is 0 Å². The van der Waals surface area contributed by atoms with Gasteiger partial charge >= 0.3 is 0 Å². The molecule has 0 aliphatic carbocycles. The first-order valence-corrected chi connectivity index (χ1v) is 7.39. The van der Waals surface area contributed by atoms with Crippen molar-refractivity contribution in [3.63, 3.8) is 0 Å². The van der Waals surface area contributed by atoms with Crippen LogP contribution in [0.15, 0.2) is 23.6 Å². The largest absolute Gasteiger partial charge is 0.384 e. The molecule has 19 heavy (non-hydrogen) atoms. The van der Waals surface area contributed by atoms with Crippen LogP contribution in [0.4, 0.5) is 11.6 Å². The number of hydrogen-bond acceptors (Lipinski definition) is 5. The van der Waals surface area contributed by atoms with E-state index in [2.05, 4.69) is 46.2 Å². The summed E-state index contributed by atoms with van der Waals surface area (Å²) in [7, 11) is 2.04. The standard InChI is InChI=1S/C14H20N4S/c1-4-6-13-16-12(15)9-14(17-13)18(3)10(2)11-7-5-8-19-11/h5,7-10H,4,6H2,1-3H3,(H2,15,16,17). The average molecular weight is 276 g/mol. The SMILES string of the molecule is CCCc1nc(N)cc(N(C)C(C)c2cccs2)n1. The van der Waals surface area contributed by atoms with Crippen molar-refractivity contribution in [3.05, 3.63) is 34.3 Å². The molecule has 0 aliphatic rings. The molecule has 0 saturated carbocycles. The van der Waals surface area contributed by atoms with E-state index in [-0.39, 0.29) is 6.04 Å². The summed E-state index contributed by atoms with van der Waals surface area (Å²) in [6.07, 6.45) is 1.88. The fourth-order valence-corrected chi connectivity index (χ4v) is 2.76. The number of nitrogens with zero attached hydrogens (tertiary/aromatic N) is 3. The fourth-order valence-electron chi connectivity index (χ4n) is 1.94. The summed E-state index contributed by atoms with van der Waals surface area (Å²) in [5, 5.41) is 2.09. The van der Waals surface area contributed by atoms with Crippen molar-refractivity contribution >= 4 is 23.0 Å². The van der Waals surface area contributed by atoms with Gasteiger partial charge in [-0.05, 0) is 24.8 Å². The van der Waals surface area contributed by atoms with E-state index in [1.54, 1.807) is 11.3 Å². The Morgan fingerprint density at radius 1 is 1.42 bits per heavy atom. The molecule has 0 saturated heterocycles. The van der Waals surface area contributed by atoms with E-state index in [0.717, 1.165) is 24.5 Å². The lowest BCUT2D eigenvalue weighted by Crippen LogP contribution is -2.22. The van der Waals surface area contributed by atoms with Gasteiger partial charge in [-0.25, -0.2) is 9.97 Å². The lowest BCUT2D eigenvalue weighted by molar-refractivity contribution is 0.730. The second-order valence-electron chi connectivity index (χ2n) is 4.62. The van der Waals surface area contributed by atoms with E-state index in [1.165, 1.54) is 4.88 Å². The predicted molar refractivity (Wildman–Crippen MR) is 81.6 cm³/mol. The molecule has 1 unspecified atom stereocenters. The van der Waals surface area contributed by atoms with Crippen LogP contribution in [0.25, 0.3) is 0 Å². The zero-order valence-corrected chi connectivity index (χ0v) is 12.4. The van der Waals surface area contributed by atoms with Crippen LogP contribution in [-0.2, 0) is 6.42 Å². The van der Waals surface area contributed by atoms with Gasteiger partial charge in [-0.15, -0.1) is 11.3 Å². The Hall–Kier alpha value is -1.62. The fraction of sp³-hybridized carbons (Fsp3) is 0.429. The third kappa shape index (κ3) is 3.23. The van der Waals surface area contributed by atoms with Gasteiger partial charge in [-0.3, -0.25) is 0 Å². The number of nitrogens with two attached hydrogens (primary N) is 1. The third-order valence-corrected chi connectivity index (χ3v) is 4.19. The van der Waals surface area contributed by atoms with Gasteiger partial charge in [0.2, 0.25) is 0 Å². The number of aryl methyl sites for hydroxylation is 1. The molecule has 0 fully saturated rings. The van der Waals surface area contributed by atoms with Crippen molar-refractivity contribution < 1.29 is 0 Å². The molecule has 0 radical (unpaired) electrons. The Balaban J connectivity index is 2.25. The molecule has 0 aromatic carbocycles. The minimum atomic E-state index is 0.281. The zero-order valence-electron chi connectivity index (χ0n) is 11.6. The van der Waals surface area contributed by atoms with Gasteiger partial charge in [0.25, 0.3) is 0 Å². The molecular formula is C14H20N4S. The van der Waals surface area contributed by atoms with Crippen LogP contribution in [0.2, 0.25) is 0 Å². The highest BCUT2D eigenvalue weighted by atomic mass is 32.1. The second kappa shape index (κ2) is 6.02. The first kappa shape index (κ1) is 13.8. The van der Waals surface area contributed by atoms with Crippen molar-refractivity contribution in [2.75, 3.05) is 17.7 Å². The summed E-state index contributed by atoms with van der Waals surface area (Å²) in [5.74, 6) is 2.25. The number of aromatic nitrogens is 2. The quantitative estimate of drug-likeness (QED) is 0.910. The second-order valence-corrected chi connectivity index (χ2v) is 5.60. The third-order valence-electron chi connectivity index (χ3n) is 3.15. The summed E-state index contributed by atoms with van der Waals surface area (Å²) in [6.45, 7) is 4.29. The van der Waals surface area contributed by atoms with E-state index in [0.29, 0.717) is 5.82 Å². The lowest BCUT2D eigenvalue weighted by Gasteiger charge is -2.25. The number of anilines is 2. The summed E-state index contributed by atoms with van der Waals surface area (Å²) < 4.78 is 0. The molecule has 5 heteroatoms. The Morgan fingerprint density at radius 2 is 2.21 bits per heavy atom. The first-order valence-electron chi connectivity index (χ1n) is 6.51. The van der Waals surface area contributed by atoms with Gasteiger partial charge in [-0.1, -0.05) is 13.0 Å². The molecule has 0 amide bonds. The van der Waals surface area contributed by atoms with Crippen molar-refractivity contribution in [1.29, 1.82) is 0 Å². The van der Waals surface area contributed by atoms with Crippen LogP contribution in [0, 0.1) is 0 Å². The zero-order chi connectivity index (χ0) is 13.8. The van der Waals surface area contributed by atoms with Gasteiger partial charge in [0.1, 0.15) is 17.5 Å². The Bertz CT molecular complexity index is 524. The Morgan fingerprint density at radius 3 is 2.84 bits per heavy atom. The van der Waals surface area contributed by atoms with Crippen LogP contribution in [0.1, 0.15) is 37.0 Å². The molecule has 2 aromatic heterocycles. The summed E-state index contributed by atoms with van der Waals surface area (Å²) in [5.41, 5.74) is 5.87. The molecule has 2 aromatic rings. The maximum absolute atomic E-state index is 5.87. The first-order chi connectivity index (χ1) is 9.11. The summed E-state index contributed by atoms with van der Waals surface area (Å²) >= 11 is 1.76. The lowest BCUT2D eigenvalue weighted by atomic mass is 10.2. The van der Waals surface area contributed by atoms with Gasteiger partial charge in [-0.2, -0.15) is 0 Å². The number of rotatable bonds is 5. The molecule has 1 atom stereocenters. The Labute approximate surface area is 118 Å². The van der Waals surface area contributed by atoms with Crippen LogP contribution >= 0.6 is 11.3 Å². The minimum absolute atomic E-state index is 0.281. The van der Waals surface area contributed by atoms with Crippen LogP contribution < -0.4 is 10.6 Å². The molecule has 102 valence electrons. The maximum Gasteiger partial charge on any atom is 0.134 e. The molecule has 4 nitrogen and oxygen atoms in total. The highest BCUT2D eigenvalue weighted by Crippen LogP contribution is 2.27. The van der Waals surface area contributed by atoms with Gasteiger partial charge in [0, 0.05) is 24.4 Å². The van der Waals surface area contributed by atoms with Crippen LogP contribution in [-0.4, -0.2) is 17.0 Å². The highest BCUT2D eigenvalue weighted by molar-refractivity contribution is 7.10. The highest BCUT2D eigenvalue weighted by Gasteiger charge is 2.15. The Kier molecular flexibility index (Phi) is 4.37. The molecular weight excluding hydrogens is 256 g/mol. The summed E-state index contributed by atoms with van der Waals surface area (Å²) in [6, 6.07) is 6.33. The van der Waals surface area contributed by atoms with Crippen LogP contribution in [0.3, 0.4) is 0 Å². The maximum atomic E-state index is 5.87. The molecule has 2 heterocycles. The molecule has 0 spiro atoms. The molecule has 0 bridgehead atoms. The number of hydrogen-bond donors (Lipinski definition) is 1. The normalized spacial score (nSPS) is 12.4. The van der Waals surface area contributed by atoms with Crippen molar-refractivity contribution in [2.24, 2.45) is 0 Å².